The van der Waals surface area contributed by atoms with E-state index in [4.69, 9.17) is 0 Å². The summed E-state index contributed by atoms with van der Waals surface area (Å²) in [5, 5.41) is 5.06. The lowest BCUT2D eigenvalue weighted by Gasteiger charge is -2.21. The molecule has 0 saturated carbocycles. The monoisotopic (exact) mass is 383 g/mol. The van der Waals surface area contributed by atoms with E-state index in [1.54, 1.807) is 0 Å². The largest absolute Gasteiger partial charge is 0.468 e. The Balaban J connectivity index is 1.97. The smallest absolute Gasteiger partial charge is 0.325 e. The number of rotatable bonds is 6. The number of carbonyl (C=O) groups is 3. The van der Waals surface area contributed by atoms with Crippen LogP contribution in [0.4, 0.5) is 5.69 Å². The van der Waals surface area contributed by atoms with Crippen LogP contribution in [0.2, 0.25) is 0 Å². The average Bonchev–Trinajstić information content (AvgIpc) is 3.10. The third-order valence-electron chi connectivity index (χ3n) is 3.97. The molecule has 1 atom stereocenters. The molecular formula is C16H21N3O6S. The van der Waals surface area contributed by atoms with Crippen molar-refractivity contribution in [1.29, 1.82) is 0 Å². The highest BCUT2D eigenvalue weighted by atomic mass is 32.2. The lowest BCUT2D eigenvalue weighted by atomic mass is 10.1. The molecule has 1 saturated heterocycles. The first-order valence-corrected chi connectivity index (χ1v) is 9.80. The van der Waals surface area contributed by atoms with E-state index in [1.807, 2.05) is 0 Å². The third-order valence-corrected chi connectivity index (χ3v) is 5.26. The van der Waals surface area contributed by atoms with E-state index in [0.717, 1.165) is 6.26 Å². The predicted octanol–water partition coefficient (Wildman–Crippen LogP) is -0.0481. The number of esters is 1. The predicted molar refractivity (Wildman–Crippen MR) is 94.0 cm³/mol. The summed E-state index contributed by atoms with van der Waals surface area (Å²) >= 11 is 0. The highest BCUT2D eigenvalue weighted by Gasteiger charge is 2.36. The number of benzene rings is 1. The normalized spacial score (nSPS) is 17.5. The zero-order valence-corrected chi connectivity index (χ0v) is 15.3. The van der Waals surface area contributed by atoms with E-state index < -0.39 is 33.8 Å². The van der Waals surface area contributed by atoms with Crippen molar-refractivity contribution in [2.24, 2.45) is 0 Å². The van der Waals surface area contributed by atoms with E-state index in [2.05, 4.69) is 15.4 Å². The number of ether oxygens (including phenoxy) is 1. The minimum absolute atomic E-state index is 0.239. The van der Waals surface area contributed by atoms with Crippen molar-refractivity contribution in [2.45, 2.75) is 18.9 Å². The Labute approximate surface area is 151 Å². The molecule has 9 nitrogen and oxygen atoms in total. The topological polar surface area (TPSA) is 122 Å². The van der Waals surface area contributed by atoms with Gasteiger partial charge in [-0.3, -0.25) is 14.4 Å². The van der Waals surface area contributed by atoms with Gasteiger partial charge < -0.3 is 15.4 Å². The van der Waals surface area contributed by atoms with Crippen LogP contribution in [0.3, 0.4) is 0 Å². The molecule has 0 aliphatic carbocycles. The molecule has 0 radical (unpaired) electrons. The highest BCUT2D eigenvalue weighted by molar-refractivity contribution is 7.88. The summed E-state index contributed by atoms with van der Waals surface area (Å²) < 4.78 is 29.1. The van der Waals surface area contributed by atoms with Gasteiger partial charge in [-0.05, 0) is 37.1 Å². The number of amides is 2. The van der Waals surface area contributed by atoms with Crippen molar-refractivity contribution in [1.82, 2.24) is 9.62 Å². The second-order valence-corrected chi connectivity index (χ2v) is 7.79. The van der Waals surface area contributed by atoms with Crippen LogP contribution >= 0.6 is 0 Å². The number of sulfonamides is 1. The molecule has 142 valence electrons. The van der Waals surface area contributed by atoms with E-state index in [9.17, 15) is 22.8 Å². The molecule has 0 aromatic heterocycles. The van der Waals surface area contributed by atoms with Crippen molar-refractivity contribution in [2.75, 3.05) is 31.8 Å². The fourth-order valence-electron chi connectivity index (χ4n) is 2.66. The minimum Gasteiger partial charge on any atom is -0.468 e. The van der Waals surface area contributed by atoms with E-state index in [0.29, 0.717) is 30.6 Å². The van der Waals surface area contributed by atoms with Crippen LogP contribution in [0, 0.1) is 0 Å². The molecule has 1 unspecified atom stereocenters. The summed E-state index contributed by atoms with van der Waals surface area (Å²) in [7, 11) is -2.22. The molecule has 0 spiro atoms. The van der Waals surface area contributed by atoms with Gasteiger partial charge in [-0.25, -0.2) is 8.42 Å². The van der Waals surface area contributed by atoms with Crippen LogP contribution in [0.25, 0.3) is 0 Å². The number of hydrogen-bond acceptors (Lipinski definition) is 6. The van der Waals surface area contributed by atoms with Gasteiger partial charge in [0.25, 0.3) is 5.91 Å². The minimum atomic E-state index is -3.44. The van der Waals surface area contributed by atoms with Crippen LogP contribution < -0.4 is 10.6 Å². The highest BCUT2D eigenvalue weighted by Crippen LogP contribution is 2.22. The summed E-state index contributed by atoms with van der Waals surface area (Å²) in [5.41, 5.74) is 0.755. The Morgan fingerprint density at radius 1 is 1.23 bits per heavy atom. The van der Waals surface area contributed by atoms with Gasteiger partial charge in [-0.2, -0.15) is 4.31 Å². The van der Waals surface area contributed by atoms with Gasteiger partial charge in [0.2, 0.25) is 15.9 Å². The Morgan fingerprint density at radius 2 is 1.88 bits per heavy atom. The Kier molecular flexibility index (Phi) is 6.32. The first kappa shape index (κ1) is 19.9. The zero-order chi connectivity index (χ0) is 19.3. The lowest BCUT2D eigenvalue weighted by molar-refractivity contribution is -0.139. The van der Waals surface area contributed by atoms with Crippen LogP contribution in [0.1, 0.15) is 23.2 Å². The zero-order valence-electron chi connectivity index (χ0n) is 14.5. The third kappa shape index (κ3) is 5.02. The summed E-state index contributed by atoms with van der Waals surface area (Å²) in [5.74, 6) is -1.42. The maximum absolute atomic E-state index is 12.4. The number of methoxy groups -OCH3 is 1. The van der Waals surface area contributed by atoms with Gasteiger partial charge in [0.15, 0.2) is 0 Å². The number of nitrogens with zero attached hydrogens (tertiary/aromatic N) is 1. The van der Waals surface area contributed by atoms with Gasteiger partial charge in [0, 0.05) is 17.8 Å². The Morgan fingerprint density at radius 3 is 2.46 bits per heavy atom. The standard InChI is InChI=1S/C16H21N3O6S/c1-25-14(20)10-17-15(21)11-5-7-12(8-6-11)18-16(22)13-4-3-9-19(13)26(2,23)24/h5-8,13H,3-4,9-10H2,1-2H3,(H,17,21)(H,18,22). The van der Waals surface area contributed by atoms with Gasteiger partial charge in [0.1, 0.15) is 12.6 Å². The SMILES string of the molecule is COC(=O)CNC(=O)c1ccc(NC(=O)C2CCCN2S(C)(=O)=O)cc1. The molecule has 1 aliphatic rings. The van der Waals surface area contributed by atoms with Gasteiger partial charge in [-0.1, -0.05) is 0 Å². The van der Waals surface area contributed by atoms with Crippen molar-refractivity contribution in [3.63, 3.8) is 0 Å². The lowest BCUT2D eigenvalue weighted by Crippen LogP contribution is -2.42. The molecule has 26 heavy (non-hydrogen) atoms. The maximum Gasteiger partial charge on any atom is 0.325 e. The van der Waals surface area contributed by atoms with Crippen molar-refractivity contribution in [3.05, 3.63) is 29.8 Å². The summed E-state index contributed by atoms with van der Waals surface area (Å²) in [6.07, 6.45) is 2.18. The first-order valence-electron chi connectivity index (χ1n) is 7.95. The Bertz CT molecular complexity index is 791. The molecule has 2 rings (SSSR count). The van der Waals surface area contributed by atoms with E-state index in [-0.39, 0.29) is 6.54 Å². The van der Waals surface area contributed by atoms with Gasteiger partial charge in [-0.15, -0.1) is 0 Å². The quantitative estimate of drug-likeness (QED) is 0.665. The van der Waals surface area contributed by atoms with Crippen molar-refractivity contribution < 1.29 is 27.5 Å². The van der Waals surface area contributed by atoms with E-state index >= 15 is 0 Å². The molecule has 10 heteroatoms. The van der Waals surface area contributed by atoms with Gasteiger partial charge in [0.05, 0.1) is 13.4 Å². The molecule has 1 fully saturated rings. The van der Waals surface area contributed by atoms with Crippen LogP contribution in [-0.4, -0.2) is 63.0 Å². The van der Waals surface area contributed by atoms with Crippen LogP contribution in [0.15, 0.2) is 24.3 Å². The van der Waals surface area contributed by atoms with Crippen LogP contribution in [-0.2, 0) is 24.3 Å². The molecule has 1 aromatic rings. The van der Waals surface area contributed by atoms with E-state index in [1.165, 1.54) is 35.7 Å². The summed E-state index contributed by atoms with van der Waals surface area (Å²) in [6.45, 7) is 0.0903. The molecule has 2 N–H and O–H groups in total. The van der Waals surface area contributed by atoms with Gasteiger partial charge >= 0.3 is 5.97 Å². The summed E-state index contributed by atoms with van der Waals surface area (Å²) in [6, 6.07) is 5.32. The number of hydrogen-bond donors (Lipinski definition) is 2. The maximum atomic E-state index is 12.4. The molecule has 1 aliphatic heterocycles. The van der Waals surface area contributed by atoms with Crippen molar-refractivity contribution in [3.8, 4) is 0 Å². The average molecular weight is 383 g/mol. The van der Waals surface area contributed by atoms with Crippen molar-refractivity contribution >= 4 is 33.5 Å². The fraction of sp³-hybridized carbons (Fsp3) is 0.438. The number of nitrogens with one attached hydrogen (secondary N) is 2. The summed E-state index contributed by atoms with van der Waals surface area (Å²) in [4.78, 5) is 35.2. The Hall–Kier alpha value is -2.46. The second-order valence-electron chi connectivity index (χ2n) is 5.86. The molecule has 1 aromatic carbocycles. The van der Waals surface area contributed by atoms with Crippen LogP contribution in [0.5, 0.6) is 0 Å². The molecular weight excluding hydrogens is 362 g/mol. The number of anilines is 1. The number of carbonyl (C=O) groups excluding carboxylic acids is 3. The second kappa shape index (κ2) is 8.28. The molecule has 1 heterocycles. The molecule has 0 bridgehead atoms. The first-order chi connectivity index (χ1) is 12.2. The molecule has 2 amide bonds. The fourth-order valence-corrected chi connectivity index (χ4v) is 3.78.